The second-order valence-corrected chi connectivity index (χ2v) is 4.88. The Morgan fingerprint density at radius 2 is 2.10 bits per heavy atom. The smallest absolute Gasteiger partial charge is 0.324 e. The molecule has 2 amide bonds. The fourth-order valence-corrected chi connectivity index (χ4v) is 1.84. The van der Waals surface area contributed by atoms with Gasteiger partial charge in [0.1, 0.15) is 6.54 Å². The molecule has 0 saturated carbocycles. The summed E-state index contributed by atoms with van der Waals surface area (Å²) in [7, 11) is 0. The van der Waals surface area contributed by atoms with Gasteiger partial charge in [0.05, 0.1) is 0 Å². The molecule has 1 unspecified atom stereocenters. The molecule has 0 saturated heterocycles. The molecule has 0 aliphatic rings. The number of benzene rings is 1. The van der Waals surface area contributed by atoms with E-state index in [2.05, 4.69) is 5.32 Å². The average Bonchev–Trinajstić information content (AvgIpc) is 2.37. The molecule has 0 heterocycles. The first kappa shape index (κ1) is 17.3. The molecule has 0 bridgehead atoms. The topological polar surface area (TPSA) is 58.4 Å². The second-order valence-electron chi connectivity index (χ2n) is 4.88. The van der Waals surface area contributed by atoms with Crippen LogP contribution in [-0.4, -0.2) is 30.2 Å². The van der Waals surface area contributed by atoms with Crippen molar-refractivity contribution < 1.29 is 18.0 Å². The maximum absolute atomic E-state index is 12.5. The van der Waals surface area contributed by atoms with Crippen molar-refractivity contribution in [3.63, 3.8) is 0 Å². The number of urea groups is 1. The lowest BCUT2D eigenvalue weighted by Gasteiger charge is -2.24. The van der Waals surface area contributed by atoms with Gasteiger partial charge in [0.15, 0.2) is 0 Å². The van der Waals surface area contributed by atoms with Crippen LogP contribution < -0.4 is 11.1 Å². The molecule has 7 heteroatoms. The number of carbonyl (C=O) groups is 1. The maximum Gasteiger partial charge on any atom is 0.406 e. The zero-order valence-corrected chi connectivity index (χ0v) is 12.1. The highest BCUT2D eigenvalue weighted by atomic mass is 19.4. The Hall–Kier alpha value is -1.76. The van der Waals surface area contributed by atoms with Crippen LogP contribution >= 0.6 is 0 Å². The number of alkyl halides is 3. The Bertz CT molecular complexity index is 475. The Morgan fingerprint density at radius 1 is 1.43 bits per heavy atom. The van der Waals surface area contributed by atoms with E-state index in [1.54, 1.807) is 38.1 Å². The van der Waals surface area contributed by atoms with E-state index in [0.717, 1.165) is 10.5 Å². The molecule has 0 spiro atoms. The molecule has 3 N–H and O–H groups in total. The summed E-state index contributed by atoms with van der Waals surface area (Å²) in [5.41, 5.74) is 6.96. The summed E-state index contributed by atoms with van der Waals surface area (Å²) in [5, 5.41) is 2.48. The molecule has 1 rings (SSSR count). The highest BCUT2D eigenvalue weighted by Gasteiger charge is 2.32. The third kappa shape index (κ3) is 6.03. The summed E-state index contributed by atoms with van der Waals surface area (Å²) in [6, 6.07) is 5.77. The van der Waals surface area contributed by atoms with Crippen LogP contribution in [0.4, 0.5) is 23.7 Å². The van der Waals surface area contributed by atoms with Gasteiger partial charge >= 0.3 is 12.2 Å². The Balaban J connectivity index is 2.79. The van der Waals surface area contributed by atoms with Crippen molar-refractivity contribution in [1.82, 2.24) is 4.90 Å². The third-order valence-corrected chi connectivity index (χ3v) is 2.81. The maximum atomic E-state index is 12.5. The summed E-state index contributed by atoms with van der Waals surface area (Å²) in [6.45, 7) is 2.28. The first-order valence-corrected chi connectivity index (χ1v) is 6.71. The second kappa shape index (κ2) is 7.31. The predicted octanol–water partition coefficient (Wildman–Crippen LogP) is 3.51. The van der Waals surface area contributed by atoms with Crippen LogP contribution in [0.3, 0.4) is 0 Å². The van der Waals surface area contributed by atoms with Gasteiger partial charge in [-0.3, -0.25) is 0 Å². The van der Waals surface area contributed by atoms with Crippen LogP contribution in [0, 0.1) is 0 Å². The number of nitrogens with two attached hydrogens (primary N) is 1. The van der Waals surface area contributed by atoms with Gasteiger partial charge < -0.3 is 16.0 Å². The Kier molecular flexibility index (Phi) is 6.02. The molecular formula is C14H20F3N3O. The fraction of sp³-hybridized carbons (Fsp3) is 0.500. The van der Waals surface area contributed by atoms with Crippen molar-refractivity contribution in [1.29, 1.82) is 0 Å². The van der Waals surface area contributed by atoms with Gasteiger partial charge in [-0.15, -0.1) is 0 Å². The van der Waals surface area contributed by atoms with E-state index in [1.807, 2.05) is 0 Å². The summed E-state index contributed by atoms with van der Waals surface area (Å²) in [6.07, 6.45) is -3.97. The van der Waals surface area contributed by atoms with E-state index in [9.17, 15) is 18.0 Å². The van der Waals surface area contributed by atoms with Gasteiger partial charge in [-0.2, -0.15) is 13.2 Å². The molecular weight excluding hydrogens is 283 g/mol. The van der Waals surface area contributed by atoms with E-state index in [0.29, 0.717) is 12.1 Å². The SMILES string of the molecule is CCCN(CC(F)(F)F)C(=O)Nc1cccc(C(C)N)c1. The van der Waals surface area contributed by atoms with Gasteiger partial charge in [0.25, 0.3) is 0 Å². The first-order chi connectivity index (χ1) is 9.73. The normalized spacial score (nSPS) is 12.9. The number of nitrogens with one attached hydrogen (secondary N) is 1. The number of amides is 2. The summed E-state index contributed by atoms with van der Waals surface area (Å²) >= 11 is 0. The van der Waals surface area contributed by atoms with E-state index in [-0.39, 0.29) is 12.6 Å². The lowest BCUT2D eigenvalue weighted by molar-refractivity contribution is -0.139. The number of anilines is 1. The van der Waals surface area contributed by atoms with Crippen LogP contribution in [-0.2, 0) is 0 Å². The standard InChI is InChI=1S/C14H20F3N3O/c1-3-7-20(9-14(15,16)17)13(21)19-12-6-4-5-11(8-12)10(2)18/h4-6,8,10H,3,7,9,18H2,1-2H3,(H,19,21). The minimum atomic E-state index is -4.42. The number of rotatable bonds is 5. The minimum absolute atomic E-state index is 0.0400. The highest BCUT2D eigenvalue weighted by molar-refractivity contribution is 5.89. The van der Waals surface area contributed by atoms with Crippen molar-refractivity contribution >= 4 is 11.7 Å². The summed E-state index contributed by atoms with van der Waals surface area (Å²) < 4.78 is 37.4. The van der Waals surface area contributed by atoms with Crippen LogP contribution in [0.2, 0.25) is 0 Å². The van der Waals surface area contributed by atoms with E-state index in [4.69, 9.17) is 5.73 Å². The zero-order valence-electron chi connectivity index (χ0n) is 12.1. The van der Waals surface area contributed by atoms with Crippen LogP contribution in [0.25, 0.3) is 0 Å². The van der Waals surface area contributed by atoms with Crippen molar-refractivity contribution in [3.8, 4) is 0 Å². The monoisotopic (exact) mass is 303 g/mol. The van der Waals surface area contributed by atoms with Crippen molar-refractivity contribution in [2.24, 2.45) is 5.73 Å². The van der Waals surface area contributed by atoms with Crippen LogP contribution in [0.15, 0.2) is 24.3 Å². The third-order valence-electron chi connectivity index (χ3n) is 2.81. The van der Waals surface area contributed by atoms with E-state index < -0.39 is 18.8 Å². The van der Waals surface area contributed by atoms with Crippen LogP contribution in [0.1, 0.15) is 31.9 Å². The zero-order chi connectivity index (χ0) is 16.0. The number of carbonyl (C=O) groups excluding carboxylic acids is 1. The van der Waals surface area contributed by atoms with Gasteiger partial charge in [0.2, 0.25) is 0 Å². The number of halogens is 3. The minimum Gasteiger partial charge on any atom is -0.324 e. The summed E-state index contributed by atoms with van der Waals surface area (Å²) in [4.78, 5) is 12.7. The quantitative estimate of drug-likeness (QED) is 0.874. The molecule has 0 fully saturated rings. The van der Waals surface area contributed by atoms with Crippen molar-refractivity contribution in [3.05, 3.63) is 29.8 Å². The molecule has 1 aromatic rings. The molecule has 0 aliphatic heterocycles. The van der Waals surface area contributed by atoms with Gasteiger partial charge in [-0.25, -0.2) is 4.79 Å². The number of hydrogen-bond acceptors (Lipinski definition) is 2. The fourth-order valence-electron chi connectivity index (χ4n) is 1.84. The predicted molar refractivity (Wildman–Crippen MR) is 76.0 cm³/mol. The van der Waals surface area contributed by atoms with Crippen molar-refractivity contribution in [2.75, 3.05) is 18.4 Å². The van der Waals surface area contributed by atoms with Gasteiger partial charge in [-0.1, -0.05) is 19.1 Å². The molecule has 4 nitrogen and oxygen atoms in total. The lowest BCUT2D eigenvalue weighted by Crippen LogP contribution is -2.41. The molecule has 0 aromatic heterocycles. The van der Waals surface area contributed by atoms with Crippen molar-refractivity contribution in [2.45, 2.75) is 32.5 Å². The number of nitrogens with zero attached hydrogens (tertiary/aromatic N) is 1. The molecule has 118 valence electrons. The van der Waals surface area contributed by atoms with Crippen LogP contribution in [0.5, 0.6) is 0 Å². The Morgan fingerprint density at radius 3 is 2.62 bits per heavy atom. The van der Waals surface area contributed by atoms with Gasteiger partial charge in [0, 0.05) is 18.3 Å². The lowest BCUT2D eigenvalue weighted by atomic mass is 10.1. The molecule has 0 aliphatic carbocycles. The molecule has 21 heavy (non-hydrogen) atoms. The molecule has 0 radical (unpaired) electrons. The van der Waals surface area contributed by atoms with E-state index in [1.165, 1.54) is 0 Å². The average molecular weight is 303 g/mol. The first-order valence-electron chi connectivity index (χ1n) is 6.71. The molecule has 1 atom stereocenters. The number of hydrogen-bond donors (Lipinski definition) is 2. The largest absolute Gasteiger partial charge is 0.406 e. The Labute approximate surface area is 122 Å². The van der Waals surface area contributed by atoms with Gasteiger partial charge in [-0.05, 0) is 31.0 Å². The van der Waals surface area contributed by atoms with E-state index >= 15 is 0 Å². The summed E-state index contributed by atoms with van der Waals surface area (Å²) in [5.74, 6) is 0. The molecule has 1 aromatic carbocycles. The highest BCUT2D eigenvalue weighted by Crippen LogP contribution is 2.19.